The Kier molecular flexibility index (Phi) is 3.37. The highest BCUT2D eigenvalue weighted by Gasteiger charge is 2.26. The second kappa shape index (κ2) is 5.05. The molecule has 108 valence electrons. The van der Waals surface area contributed by atoms with Crippen LogP contribution in [0.3, 0.4) is 0 Å². The molecule has 1 aliphatic rings. The molecule has 2 aromatic heterocycles. The van der Waals surface area contributed by atoms with Crippen LogP contribution in [0.4, 0.5) is 0 Å². The molecule has 6 nitrogen and oxygen atoms in total. The molecule has 0 spiro atoms. The summed E-state index contributed by atoms with van der Waals surface area (Å²) in [7, 11) is -1.29. The molecule has 1 unspecified atom stereocenters. The summed E-state index contributed by atoms with van der Waals surface area (Å²) < 4.78 is 30.2. The third-order valence-corrected chi connectivity index (χ3v) is 5.51. The molecule has 1 aliphatic heterocycles. The monoisotopic (exact) mass is 295 g/mol. The number of ether oxygens (including phenoxy) is 1. The summed E-state index contributed by atoms with van der Waals surface area (Å²) in [6.45, 7) is 0. The number of fused-ring (bicyclic) bond motifs is 1. The number of nitrogens with zero attached hydrogens (tertiary/aromatic N) is 3. The van der Waals surface area contributed by atoms with E-state index in [1.54, 1.807) is 11.6 Å². The fraction of sp³-hybridized carbons (Fsp3) is 0.538. The maximum Gasteiger partial charge on any atom is 0.198 e. The van der Waals surface area contributed by atoms with Gasteiger partial charge in [0.15, 0.2) is 27.1 Å². The van der Waals surface area contributed by atoms with Gasteiger partial charge in [-0.1, -0.05) is 0 Å². The van der Waals surface area contributed by atoms with Gasteiger partial charge < -0.3 is 4.74 Å². The van der Waals surface area contributed by atoms with Gasteiger partial charge in [-0.05, 0) is 30.9 Å². The highest BCUT2D eigenvalue weighted by molar-refractivity contribution is 7.91. The quantitative estimate of drug-likeness (QED) is 0.848. The first-order chi connectivity index (χ1) is 9.57. The van der Waals surface area contributed by atoms with Gasteiger partial charge in [-0.2, -0.15) is 5.10 Å². The third-order valence-electron chi connectivity index (χ3n) is 3.62. The fourth-order valence-corrected chi connectivity index (χ4v) is 4.48. The van der Waals surface area contributed by atoms with E-state index in [0.29, 0.717) is 29.4 Å². The van der Waals surface area contributed by atoms with E-state index in [-0.39, 0.29) is 11.7 Å². The van der Waals surface area contributed by atoms with E-state index in [1.807, 2.05) is 18.3 Å². The molecule has 0 saturated carbocycles. The molecule has 0 radical (unpaired) electrons. The smallest absolute Gasteiger partial charge is 0.198 e. The maximum absolute atomic E-state index is 11.7. The first-order valence-electron chi connectivity index (χ1n) is 6.66. The Bertz CT molecular complexity index is 724. The zero-order valence-corrected chi connectivity index (χ0v) is 12.1. The summed E-state index contributed by atoms with van der Waals surface area (Å²) in [4.78, 5) is 4.46. The Morgan fingerprint density at radius 2 is 2.35 bits per heavy atom. The van der Waals surface area contributed by atoms with Crippen molar-refractivity contribution in [2.24, 2.45) is 5.92 Å². The topological polar surface area (TPSA) is 73.6 Å². The van der Waals surface area contributed by atoms with Crippen LogP contribution < -0.4 is 4.74 Å². The number of hydrogen-bond donors (Lipinski definition) is 0. The predicted octanol–water partition coefficient (Wildman–Crippen LogP) is 1.11. The van der Waals surface area contributed by atoms with Crippen LogP contribution in [0.25, 0.3) is 5.65 Å². The van der Waals surface area contributed by atoms with Gasteiger partial charge in [0.2, 0.25) is 0 Å². The van der Waals surface area contributed by atoms with Crippen LogP contribution in [0.1, 0.15) is 18.7 Å². The van der Waals surface area contributed by atoms with E-state index in [1.165, 1.54) is 0 Å². The predicted molar refractivity (Wildman–Crippen MR) is 74.6 cm³/mol. The second-order valence-electron chi connectivity index (χ2n) is 5.20. The lowest BCUT2D eigenvalue weighted by atomic mass is 10.0. The summed E-state index contributed by atoms with van der Waals surface area (Å²) in [6.07, 6.45) is 4.08. The third kappa shape index (κ3) is 2.63. The summed E-state index contributed by atoms with van der Waals surface area (Å²) in [6, 6.07) is 3.67. The molecule has 0 N–H and O–H groups in total. The number of sulfone groups is 1. The molecule has 1 saturated heterocycles. The van der Waals surface area contributed by atoms with Crippen LogP contribution >= 0.6 is 0 Å². The van der Waals surface area contributed by atoms with Crippen molar-refractivity contribution >= 4 is 15.5 Å². The van der Waals surface area contributed by atoms with Gasteiger partial charge in [-0.3, -0.25) is 0 Å². The molecular formula is C13H17N3O3S. The highest BCUT2D eigenvalue weighted by Crippen LogP contribution is 2.23. The summed E-state index contributed by atoms with van der Waals surface area (Å²) in [5.74, 6) is 2.03. The fourth-order valence-electron chi connectivity index (χ4n) is 2.71. The SMILES string of the molecule is COc1cccn2nc(CC3CCCS(=O)(=O)C3)nc12. The number of pyridine rings is 1. The minimum absolute atomic E-state index is 0.122. The highest BCUT2D eigenvalue weighted by atomic mass is 32.2. The van der Waals surface area contributed by atoms with Crippen LogP contribution in [0.15, 0.2) is 18.3 Å². The average molecular weight is 295 g/mol. The molecule has 1 fully saturated rings. The first kappa shape index (κ1) is 13.4. The molecule has 0 aliphatic carbocycles. The molecule has 0 amide bonds. The number of methoxy groups -OCH3 is 1. The van der Waals surface area contributed by atoms with E-state index in [4.69, 9.17) is 4.74 Å². The normalized spacial score (nSPS) is 21.9. The van der Waals surface area contributed by atoms with Crippen LogP contribution in [0, 0.1) is 5.92 Å². The van der Waals surface area contributed by atoms with Gasteiger partial charge in [0.05, 0.1) is 18.6 Å². The molecule has 0 aromatic carbocycles. The van der Waals surface area contributed by atoms with Crippen LogP contribution in [0.2, 0.25) is 0 Å². The summed E-state index contributed by atoms with van der Waals surface area (Å²) >= 11 is 0. The van der Waals surface area contributed by atoms with Crippen molar-refractivity contribution in [2.75, 3.05) is 18.6 Å². The lowest BCUT2D eigenvalue weighted by molar-refractivity contribution is 0.416. The molecule has 0 bridgehead atoms. The molecular weight excluding hydrogens is 278 g/mol. The van der Waals surface area contributed by atoms with Gasteiger partial charge in [0.25, 0.3) is 0 Å². The lowest BCUT2D eigenvalue weighted by Crippen LogP contribution is -2.26. The zero-order chi connectivity index (χ0) is 14.2. The molecule has 1 atom stereocenters. The van der Waals surface area contributed by atoms with E-state index in [9.17, 15) is 8.42 Å². The van der Waals surface area contributed by atoms with Crippen LogP contribution in [-0.2, 0) is 16.3 Å². The minimum atomic E-state index is -2.88. The second-order valence-corrected chi connectivity index (χ2v) is 7.43. The van der Waals surface area contributed by atoms with E-state index < -0.39 is 9.84 Å². The Hall–Kier alpha value is -1.63. The van der Waals surface area contributed by atoms with Gasteiger partial charge in [-0.15, -0.1) is 0 Å². The van der Waals surface area contributed by atoms with E-state index >= 15 is 0 Å². The number of aromatic nitrogens is 3. The molecule has 2 aromatic rings. The van der Waals surface area contributed by atoms with Crippen molar-refractivity contribution in [3.63, 3.8) is 0 Å². The van der Waals surface area contributed by atoms with Gasteiger partial charge in [0, 0.05) is 12.6 Å². The Balaban J connectivity index is 1.84. The number of hydrogen-bond acceptors (Lipinski definition) is 5. The van der Waals surface area contributed by atoms with E-state index in [2.05, 4.69) is 10.1 Å². The van der Waals surface area contributed by atoms with Crippen LogP contribution in [0.5, 0.6) is 5.75 Å². The van der Waals surface area contributed by atoms with Crippen molar-refractivity contribution in [2.45, 2.75) is 19.3 Å². The summed E-state index contributed by atoms with van der Waals surface area (Å²) in [5, 5.41) is 4.39. The largest absolute Gasteiger partial charge is 0.493 e. The zero-order valence-electron chi connectivity index (χ0n) is 11.3. The van der Waals surface area contributed by atoms with Gasteiger partial charge >= 0.3 is 0 Å². The van der Waals surface area contributed by atoms with Crippen molar-refractivity contribution in [1.29, 1.82) is 0 Å². The minimum Gasteiger partial charge on any atom is -0.493 e. The van der Waals surface area contributed by atoms with Gasteiger partial charge in [-0.25, -0.2) is 17.9 Å². The van der Waals surface area contributed by atoms with Crippen LogP contribution in [-0.4, -0.2) is 41.6 Å². The Morgan fingerprint density at radius 3 is 3.10 bits per heavy atom. The van der Waals surface area contributed by atoms with Gasteiger partial charge in [0.1, 0.15) is 0 Å². The van der Waals surface area contributed by atoms with Crippen molar-refractivity contribution < 1.29 is 13.2 Å². The Labute approximate surface area is 117 Å². The lowest BCUT2D eigenvalue weighted by Gasteiger charge is -2.20. The molecule has 20 heavy (non-hydrogen) atoms. The number of rotatable bonds is 3. The average Bonchev–Trinajstić information content (AvgIpc) is 2.79. The summed E-state index contributed by atoms with van der Waals surface area (Å²) in [5.41, 5.74) is 0.670. The standard InChI is InChI=1S/C13H17N3O3S/c1-19-11-5-2-6-16-13(11)14-12(15-16)8-10-4-3-7-20(17,18)9-10/h2,5-6,10H,3-4,7-9H2,1H3. The van der Waals surface area contributed by atoms with Crippen molar-refractivity contribution in [3.8, 4) is 5.75 Å². The van der Waals surface area contributed by atoms with Crippen molar-refractivity contribution in [1.82, 2.24) is 14.6 Å². The first-order valence-corrected chi connectivity index (χ1v) is 8.48. The molecule has 7 heteroatoms. The van der Waals surface area contributed by atoms with E-state index in [0.717, 1.165) is 12.8 Å². The van der Waals surface area contributed by atoms with Crippen molar-refractivity contribution in [3.05, 3.63) is 24.2 Å². The molecule has 3 rings (SSSR count). The Morgan fingerprint density at radius 1 is 1.50 bits per heavy atom. The molecule has 3 heterocycles. The maximum atomic E-state index is 11.7.